The van der Waals surface area contributed by atoms with E-state index >= 15 is 0 Å². The van der Waals surface area contributed by atoms with E-state index in [1.807, 2.05) is 17.9 Å². The smallest absolute Gasteiger partial charge is 0.0792 e. The second-order valence-corrected chi connectivity index (χ2v) is 3.36. The SMILES string of the molecule is C#CCN(CC)c1cc(Cl)ccc1N. The molecule has 0 amide bonds. The first-order valence-electron chi connectivity index (χ1n) is 4.42. The zero-order valence-corrected chi connectivity index (χ0v) is 8.88. The van der Waals surface area contributed by atoms with Crippen molar-refractivity contribution in [1.29, 1.82) is 0 Å². The maximum atomic E-state index is 5.88. The van der Waals surface area contributed by atoms with Gasteiger partial charge in [-0.1, -0.05) is 17.5 Å². The van der Waals surface area contributed by atoms with Crippen molar-refractivity contribution in [2.24, 2.45) is 0 Å². The number of benzene rings is 1. The summed E-state index contributed by atoms with van der Waals surface area (Å²) < 4.78 is 0. The average molecular weight is 209 g/mol. The third kappa shape index (κ3) is 2.34. The van der Waals surface area contributed by atoms with Crippen LogP contribution in [0.4, 0.5) is 11.4 Å². The summed E-state index contributed by atoms with van der Waals surface area (Å²) in [5.41, 5.74) is 7.43. The largest absolute Gasteiger partial charge is 0.397 e. The van der Waals surface area contributed by atoms with Crippen molar-refractivity contribution in [1.82, 2.24) is 0 Å². The number of nitrogen functional groups attached to an aromatic ring is 1. The molecular formula is C11H13ClN2. The van der Waals surface area contributed by atoms with Gasteiger partial charge in [-0.05, 0) is 25.1 Å². The highest BCUT2D eigenvalue weighted by Gasteiger charge is 2.06. The van der Waals surface area contributed by atoms with E-state index in [9.17, 15) is 0 Å². The highest BCUT2D eigenvalue weighted by atomic mass is 35.5. The molecule has 0 aliphatic heterocycles. The number of rotatable bonds is 3. The summed E-state index contributed by atoms with van der Waals surface area (Å²) in [5, 5.41) is 0.671. The fourth-order valence-electron chi connectivity index (χ4n) is 1.27. The lowest BCUT2D eigenvalue weighted by Gasteiger charge is -2.22. The minimum atomic E-state index is 0.543. The molecule has 1 rings (SSSR count). The first-order chi connectivity index (χ1) is 6.69. The number of nitrogens with zero attached hydrogens (tertiary/aromatic N) is 1. The molecule has 0 heterocycles. The summed E-state index contributed by atoms with van der Waals surface area (Å²) in [7, 11) is 0. The lowest BCUT2D eigenvalue weighted by atomic mass is 10.2. The van der Waals surface area contributed by atoms with E-state index in [0.29, 0.717) is 17.3 Å². The first-order valence-corrected chi connectivity index (χ1v) is 4.80. The topological polar surface area (TPSA) is 29.3 Å². The minimum Gasteiger partial charge on any atom is -0.397 e. The lowest BCUT2D eigenvalue weighted by molar-refractivity contribution is 0.920. The second kappa shape index (κ2) is 4.78. The Hall–Kier alpha value is -1.33. The van der Waals surface area contributed by atoms with Crippen molar-refractivity contribution in [2.75, 3.05) is 23.7 Å². The summed E-state index contributed by atoms with van der Waals surface area (Å²) in [6.07, 6.45) is 5.26. The van der Waals surface area contributed by atoms with Gasteiger partial charge in [0, 0.05) is 11.6 Å². The molecule has 0 aromatic heterocycles. The van der Waals surface area contributed by atoms with E-state index in [1.54, 1.807) is 12.1 Å². The van der Waals surface area contributed by atoms with Gasteiger partial charge in [-0.2, -0.15) is 0 Å². The van der Waals surface area contributed by atoms with Gasteiger partial charge in [0.05, 0.1) is 17.9 Å². The highest BCUT2D eigenvalue weighted by molar-refractivity contribution is 6.31. The zero-order chi connectivity index (χ0) is 10.6. The van der Waals surface area contributed by atoms with Gasteiger partial charge in [0.1, 0.15) is 0 Å². The van der Waals surface area contributed by atoms with Gasteiger partial charge < -0.3 is 10.6 Å². The molecule has 0 saturated heterocycles. The Labute approximate surface area is 89.7 Å². The summed E-state index contributed by atoms with van der Waals surface area (Å²) in [6.45, 7) is 3.38. The number of terminal acetylenes is 1. The van der Waals surface area contributed by atoms with Crippen LogP contribution in [0, 0.1) is 12.3 Å². The highest BCUT2D eigenvalue weighted by Crippen LogP contribution is 2.26. The monoisotopic (exact) mass is 208 g/mol. The number of anilines is 2. The van der Waals surface area contributed by atoms with Crippen LogP contribution in [0.5, 0.6) is 0 Å². The Kier molecular flexibility index (Phi) is 3.67. The van der Waals surface area contributed by atoms with Crippen molar-refractivity contribution >= 4 is 23.0 Å². The van der Waals surface area contributed by atoms with E-state index < -0.39 is 0 Å². The second-order valence-electron chi connectivity index (χ2n) is 2.92. The van der Waals surface area contributed by atoms with E-state index in [-0.39, 0.29) is 0 Å². The Morgan fingerprint density at radius 3 is 2.86 bits per heavy atom. The molecule has 3 heteroatoms. The van der Waals surface area contributed by atoms with E-state index in [0.717, 1.165) is 12.2 Å². The van der Waals surface area contributed by atoms with Crippen LogP contribution in [-0.4, -0.2) is 13.1 Å². The standard InChI is InChI=1S/C11H13ClN2/c1-3-7-14(4-2)11-8-9(12)5-6-10(11)13/h1,5-6,8H,4,7,13H2,2H3. The third-order valence-corrected chi connectivity index (χ3v) is 2.23. The van der Waals surface area contributed by atoms with Gasteiger partial charge in [0.2, 0.25) is 0 Å². The van der Waals surface area contributed by atoms with E-state index in [4.69, 9.17) is 23.8 Å². The summed E-state index contributed by atoms with van der Waals surface area (Å²) >= 11 is 5.88. The number of hydrogen-bond donors (Lipinski definition) is 1. The number of hydrogen-bond acceptors (Lipinski definition) is 2. The molecule has 0 aliphatic rings. The van der Waals surface area contributed by atoms with Gasteiger partial charge in [-0.15, -0.1) is 6.42 Å². The van der Waals surface area contributed by atoms with Crippen molar-refractivity contribution in [3.8, 4) is 12.3 Å². The summed E-state index contributed by atoms with van der Waals surface area (Å²) in [4.78, 5) is 2.00. The molecule has 0 radical (unpaired) electrons. The maximum absolute atomic E-state index is 5.88. The van der Waals surface area contributed by atoms with E-state index in [1.165, 1.54) is 0 Å². The minimum absolute atomic E-state index is 0.543. The third-order valence-electron chi connectivity index (χ3n) is 2.00. The van der Waals surface area contributed by atoms with Gasteiger partial charge in [0.15, 0.2) is 0 Å². The first kappa shape index (κ1) is 10.7. The van der Waals surface area contributed by atoms with Crippen LogP contribution < -0.4 is 10.6 Å². The molecule has 0 aliphatic carbocycles. The van der Waals surface area contributed by atoms with Crippen LogP contribution in [0.15, 0.2) is 18.2 Å². The predicted molar refractivity (Wildman–Crippen MR) is 62.6 cm³/mol. The predicted octanol–water partition coefficient (Wildman–Crippen LogP) is 2.38. The van der Waals surface area contributed by atoms with Crippen LogP contribution in [0.2, 0.25) is 5.02 Å². The maximum Gasteiger partial charge on any atom is 0.0792 e. The number of halogens is 1. The van der Waals surface area contributed by atoms with Crippen molar-refractivity contribution in [2.45, 2.75) is 6.92 Å². The molecule has 0 fully saturated rings. The van der Waals surface area contributed by atoms with Gasteiger partial charge in [0.25, 0.3) is 0 Å². The summed E-state index contributed by atoms with van der Waals surface area (Å²) in [5.74, 6) is 2.59. The van der Waals surface area contributed by atoms with Crippen LogP contribution in [0.25, 0.3) is 0 Å². The molecule has 2 N–H and O–H groups in total. The molecule has 0 unspecified atom stereocenters. The molecule has 2 nitrogen and oxygen atoms in total. The van der Waals surface area contributed by atoms with Gasteiger partial charge in [-0.3, -0.25) is 0 Å². The van der Waals surface area contributed by atoms with Crippen molar-refractivity contribution in [3.63, 3.8) is 0 Å². The molecule has 0 saturated carbocycles. The molecule has 74 valence electrons. The molecule has 14 heavy (non-hydrogen) atoms. The Balaban J connectivity index is 3.03. The fourth-order valence-corrected chi connectivity index (χ4v) is 1.43. The van der Waals surface area contributed by atoms with Crippen LogP contribution >= 0.6 is 11.6 Å². The van der Waals surface area contributed by atoms with Crippen molar-refractivity contribution in [3.05, 3.63) is 23.2 Å². The average Bonchev–Trinajstić information content (AvgIpc) is 2.18. The van der Waals surface area contributed by atoms with Crippen LogP contribution in [-0.2, 0) is 0 Å². The molecule has 1 aromatic carbocycles. The Morgan fingerprint density at radius 1 is 1.57 bits per heavy atom. The molecule has 0 atom stereocenters. The lowest BCUT2D eigenvalue weighted by Crippen LogP contribution is -2.23. The molecule has 1 aromatic rings. The fraction of sp³-hybridized carbons (Fsp3) is 0.273. The summed E-state index contributed by atoms with van der Waals surface area (Å²) in [6, 6.07) is 5.39. The van der Waals surface area contributed by atoms with Crippen LogP contribution in [0.3, 0.4) is 0 Å². The molecule has 0 spiro atoms. The zero-order valence-electron chi connectivity index (χ0n) is 8.13. The quantitative estimate of drug-likeness (QED) is 0.611. The normalized spacial score (nSPS) is 9.50. The Morgan fingerprint density at radius 2 is 2.29 bits per heavy atom. The van der Waals surface area contributed by atoms with Crippen LogP contribution in [0.1, 0.15) is 6.92 Å². The number of nitrogens with two attached hydrogens (primary N) is 1. The molecular weight excluding hydrogens is 196 g/mol. The van der Waals surface area contributed by atoms with Crippen molar-refractivity contribution < 1.29 is 0 Å². The molecule has 0 bridgehead atoms. The Bertz CT molecular complexity index is 355. The van der Waals surface area contributed by atoms with Gasteiger partial charge >= 0.3 is 0 Å². The van der Waals surface area contributed by atoms with Gasteiger partial charge in [-0.25, -0.2) is 0 Å². The van der Waals surface area contributed by atoms with E-state index in [2.05, 4.69) is 5.92 Å².